The molecular formula is C19H27ClN2O3. The zero-order chi connectivity index (χ0) is 18.4. The van der Waals surface area contributed by atoms with Crippen molar-refractivity contribution in [1.29, 1.82) is 0 Å². The molecule has 138 valence electrons. The number of carbonyl (C=O) groups excluding carboxylic acids is 2. The number of amides is 2. The van der Waals surface area contributed by atoms with E-state index in [1.54, 1.807) is 11.8 Å². The SMILES string of the molecule is CC(Oc1ccccc1C(C)C)C(=O)NC1CCN(C(=O)CCl)CC1. The highest BCUT2D eigenvalue weighted by Crippen LogP contribution is 2.26. The van der Waals surface area contributed by atoms with Crippen LogP contribution in [-0.4, -0.2) is 47.8 Å². The first-order valence-corrected chi connectivity index (χ1v) is 9.35. The van der Waals surface area contributed by atoms with Crippen molar-refractivity contribution in [2.45, 2.75) is 51.7 Å². The molecule has 1 atom stereocenters. The van der Waals surface area contributed by atoms with Gasteiger partial charge in [0.2, 0.25) is 5.91 Å². The number of para-hydroxylation sites is 1. The van der Waals surface area contributed by atoms with E-state index in [0.717, 1.165) is 24.2 Å². The third kappa shape index (κ3) is 5.36. The maximum absolute atomic E-state index is 12.4. The molecule has 0 aliphatic carbocycles. The van der Waals surface area contributed by atoms with Crippen molar-refractivity contribution >= 4 is 23.4 Å². The van der Waals surface area contributed by atoms with E-state index in [1.165, 1.54) is 0 Å². The fraction of sp³-hybridized carbons (Fsp3) is 0.579. The molecule has 1 heterocycles. The van der Waals surface area contributed by atoms with Crippen molar-refractivity contribution in [3.05, 3.63) is 29.8 Å². The van der Waals surface area contributed by atoms with Crippen LogP contribution in [-0.2, 0) is 9.59 Å². The Labute approximate surface area is 154 Å². The first kappa shape index (κ1) is 19.6. The molecule has 1 unspecified atom stereocenters. The lowest BCUT2D eigenvalue weighted by atomic mass is 10.0. The second-order valence-electron chi connectivity index (χ2n) is 6.75. The standard InChI is InChI=1S/C19H27ClN2O3/c1-13(2)16-6-4-5-7-17(16)25-14(3)19(24)21-15-8-10-22(11-9-15)18(23)12-20/h4-7,13-15H,8-12H2,1-3H3,(H,21,24). The first-order chi connectivity index (χ1) is 11.9. The number of hydrogen-bond acceptors (Lipinski definition) is 3. The van der Waals surface area contributed by atoms with Gasteiger partial charge in [-0.1, -0.05) is 32.0 Å². The Bertz CT molecular complexity index is 598. The van der Waals surface area contributed by atoms with E-state index in [2.05, 4.69) is 19.2 Å². The molecule has 1 N–H and O–H groups in total. The van der Waals surface area contributed by atoms with Crippen molar-refractivity contribution in [3.8, 4) is 5.75 Å². The van der Waals surface area contributed by atoms with Gasteiger partial charge in [0, 0.05) is 19.1 Å². The number of piperidine rings is 1. The Morgan fingerprint density at radius 1 is 1.24 bits per heavy atom. The Balaban J connectivity index is 1.86. The number of nitrogens with one attached hydrogen (secondary N) is 1. The minimum Gasteiger partial charge on any atom is -0.481 e. The van der Waals surface area contributed by atoms with E-state index in [0.29, 0.717) is 19.0 Å². The third-order valence-corrected chi connectivity index (χ3v) is 4.75. The molecule has 0 spiro atoms. The van der Waals surface area contributed by atoms with Gasteiger partial charge in [0.1, 0.15) is 11.6 Å². The Morgan fingerprint density at radius 3 is 2.48 bits per heavy atom. The van der Waals surface area contributed by atoms with Crippen LogP contribution in [0.2, 0.25) is 0 Å². The maximum atomic E-state index is 12.4. The first-order valence-electron chi connectivity index (χ1n) is 8.82. The molecule has 6 heteroatoms. The Hall–Kier alpha value is -1.75. The summed E-state index contributed by atoms with van der Waals surface area (Å²) in [6, 6.07) is 7.88. The number of alkyl halides is 1. The molecule has 0 aromatic heterocycles. The molecule has 0 radical (unpaired) electrons. The molecule has 1 fully saturated rings. The van der Waals surface area contributed by atoms with Crippen LogP contribution in [0.1, 0.15) is 45.1 Å². The van der Waals surface area contributed by atoms with Gasteiger partial charge in [-0.25, -0.2) is 0 Å². The molecule has 25 heavy (non-hydrogen) atoms. The fourth-order valence-electron chi connectivity index (χ4n) is 2.99. The summed E-state index contributed by atoms with van der Waals surface area (Å²) in [5.41, 5.74) is 1.09. The van der Waals surface area contributed by atoms with E-state index in [4.69, 9.17) is 16.3 Å². The molecule has 0 saturated carbocycles. The molecule has 2 rings (SSSR count). The highest BCUT2D eigenvalue weighted by atomic mass is 35.5. The number of likely N-dealkylation sites (tertiary alicyclic amines) is 1. The van der Waals surface area contributed by atoms with Crippen LogP contribution in [0.4, 0.5) is 0 Å². The number of benzene rings is 1. The summed E-state index contributed by atoms with van der Waals surface area (Å²) in [6.07, 6.45) is 0.912. The lowest BCUT2D eigenvalue weighted by molar-refractivity contribution is -0.130. The highest BCUT2D eigenvalue weighted by Gasteiger charge is 2.25. The molecule has 1 saturated heterocycles. The van der Waals surface area contributed by atoms with Gasteiger partial charge in [0.05, 0.1) is 0 Å². The molecular weight excluding hydrogens is 340 g/mol. The third-order valence-electron chi connectivity index (χ3n) is 4.52. The second-order valence-corrected chi connectivity index (χ2v) is 7.02. The second kappa shape index (κ2) is 9.09. The largest absolute Gasteiger partial charge is 0.481 e. The zero-order valence-corrected chi connectivity index (χ0v) is 15.9. The van der Waals surface area contributed by atoms with E-state index in [1.807, 2.05) is 24.3 Å². The monoisotopic (exact) mass is 366 g/mol. The lowest BCUT2D eigenvalue weighted by Gasteiger charge is -2.32. The highest BCUT2D eigenvalue weighted by molar-refractivity contribution is 6.27. The molecule has 2 amide bonds. The van der Waals surface area contributed by atoms with Crippen molar-refractivity contribution < 1.29 is 14.3 Å². The zero-order valence-electron chi connectivity index (χ0n) is 15.1. The normalized spacial score (nSPS) is 16.6. The number of hydrogen-bond donors (Lipinski definition) is 1. The minimum absolute atomic E-state index is 0.0111. The summed E-state index contributed by atoms with van der Waals surface area (Å²) < 4.78 is 5.89. The summed E-state index contributed by atoms with van der Waals surface area (Å²) in [5, 5.41) is 3.03. The molecule has 5 nitrogen and oxygen atoms in total. The van der Waals surface area contributed by atoms with Crippen LogP contribution in [0.15, 0.2) is 24.3 Å². The van der Waals surface area contributed by atoms with Crippen molar-refractivity contribution in [1.82, 2.24) is 10.2 Å². The van der Waals surface area contributed by atoms with Gasteiger partial charge in [-0.05, 0) is 37.3 Å². The smallest absolute Gasteiger partial charge is 0.260 e. The number of carbonyl (C=O) groups is 2. The van der Waals surface area contributed by atoms with Crippen LogP contribution in [0.3, 0.4) is 0 Å². The number of nitrogens with zero attached hydrogens (tertiary/aromatic N) is 1. The van der Waals surface area contributed by atoms with Gasteiger partial charge in [-0.15, -0.1) is 11.6 Å². The van der Waals surface area contributed by atoms with Crippen LogP contribution in [0, 0.1) is 0 Å². The van der Waals surface area contributed by atoms with E-state index in [-0.39, 0.29) is 23.7 Å². The van der Waals surface area contributed by atoms with Gasteiger partial charge >= 0.3 is 0 Å². The predicted octanol–water partition coefficient (Wildman–Crippen LogP) is 2.92. The van der Waals surface area contributed by atoms with E-state index < -0.39 is 6.10 Å². The Morgan fingerprint density at radius 2 is 1.88 bits per heavy atom. The molecule has 1 aromatic rings. The summed E-state index contributed by atoms with van der Waals surface area (Å²) in [7, 11) is 0. The summed E-state index contributed by atoms with van der Waals surface area (Å²) in [5.74, 6) is 0.920. The van der Waals surface area contributed by atoms with Gasteiger partial charge in [-0.3, -0.25) is 9.59 Å². The van der Waals surface area contributed by atoms with Crippen LogP contribution < -0.4 is 10.1 Å². The predicted molar refractivity (Wildman–Crippen MR) is 99.1 cm³/mol. The summed E-state index contributed by atoms with van der Waals surface area (Å²) >= 11 is 5.58. The number of halogens is 1. The minimum atomic E-state index is -0.567. The average molecular weight is 367 g/mol. The van der Waals surface area contributed by atoms with Crippen LogP contribution in [0.25, 0.3) is 0 Å². The molecule has 1 aliphatic heterocycles. The quantitative estimate of drug-likeness (QED) is 0.787. The molecule has 1 aliphatic rings. The van der Waals surface area contributed by atoms with Crippen molar-refractivity contribution in [2.24, 2.45) is 0 Å². The van der Waals surface area contributed by atoms with E-state index in [9.17, 15) is 9.59 Å². The number of rotatable bonds is 6. The average Bonchev–Trinajstić information content (AvgIpc) is 2.61. The van der Waals surface area contributed by atoms with Gasteiger partial charge in [-0.2, -0.15) is 0 Å². The van der Waals surface area contributed by atoms with Crippen LogP contribution >= 0.6 is 11.6 Å². The lowest BCUT2D eigenvalue weighted by Crippen LogP contribution is -2.49. The number of ether oxygens (including phenoxy) is 1. The van der Waals surface area contributed by atoms with Gasteiger partial charge < -0.3 is 15.0 Å². The van der Waals surface area contributed by atoms with Crippen molar-refractivity contribution in [3.63, 3.8) is 0 Å². The topological polar surface area (TPSA) is 58.6 Å². The Kier molecular flexibility index (Phi) is 7.12. The summed E-state index contributed by atoms with van der Waals surface area (Å²) in [6.45, 7) is 7.22. The van der Waals surface area contributed by atoms with Crippen molar-refractivity contribution in [2.75, 3.05) is 19.0 Å². The fourth-order valence-corrected chi connectivity index (χ4v) is 3.15. The molecule has 1 aromatic carbocycles. The van der Waals surface area contributed by atoms with E-state index >= 15 is 0 Å². The molecule has 0 bridgehead atoms. The summed E-state index contributed by atoms with van der Waals surface area (Å²) in [4.78, 5) is 25.8. The van der Waals surface area contributed by atoms with Gasteiger partial charge in [0.15, 0.2) is 6.10 Å². The van der Waals surface area contributed by atoms with Crippen LogP contribution in [0.5, 0.6) is 5.75 Å². The maximum Gasteiger partial charge on any atom is 0.260 e. The van der Waals surface area contributed by atoms with Gasteiger partial charge in [0.25, 0.3) is 5.91 Å².